The van der Waals surface area contributed by atoms with Gasteiger partial charge in [0, 0.05) is 26.6 Å². The predicted molar refractivity (Wildman–Crippen MR) is 131 cm³/mol. The fourth-order valence-electron chi connectivity index (χ4n) is 4.92. The molecule has 1 aliphatic heterocycles. The van der Waals surface area contributed by atoms with Gasteiger partial charge in [0.1, 0.15) is 11.9 Å². The van der Waals surface area contributed by atoms with Gasteiger partial charge < -0.3 is 14.6 Å². The fourth-order valence-corrected chi connectivity index (χ4v) is 5.24. The summed E-state index contributed by atoms with van der Waals surface area (Å²) in [7, 11) is 1.61. The molecule has 36 heavy (non-hydrogen) atoms. The Kier molecular flexibility index (Phi) is 8.21. The van der Waals surface area contributed by atoms with Crippen molar-refractivity contribution in [1.82, 2.24) is 19.8 Å². The number of carbonyl (C=O) groups excluding carboxylic acids is 1. The molecule has 4 rings (SSSR count). The largest absolute Gasteiger partial charge is 0.432 e. The minimum absolute atomic E-state index is 0.148. The summed E-state index contributed by atoms with van der Waals surface area (Å²) in [6, 6.07) is 12.6. The summed E-state index contributed by atoms with van der Waals surface area (Å²) in [5, 5.41) is 3.16. The van der Waals surface area contributed by atoms with E-state index in [-0.39, 0.29) is 11.9 Å². The first-order valence-electron chi connectivity index (χ1n) is 11.8. The second-order valence-electron chi connectivity index (χ2n) is 8.57. The first-order chi connectivity index (χ1) is 17.3. The lowest BCUT2D eigenvalue weighted by atomic mass is 9.95. The third-order valence-electron chi connectivity index (χ3n) is 6.52. The molecule has 2 atom stereocenters. The van der Waals surface area contributed by atoms with Crippen LogP contribution in [-0.4, -0.2) is 40.6 Å². The van der Waals surface area contributed by atoms with Crippen LogP contribution >= 0.6 is 11.6 Å². The first-order valence-corrected chi connectivity index (χ1v) is 12.2. The van der Waals surface area contributed by atoms with Gasteiger partial charge in [-0.15, -0.1) is 0 Å². The van der Waals surface area contributed by atoms with Crippen molar-refractivity contribution < 1.29 is 22.7 Å². The van der Waals surface area contributed by atoms with Crippen molar-refractivity contribution in [3.63, 3.8) is 0 Å². The SMILES string of the molecule is CCc1nc(Cl)c2n1CCN([C@@H](C(=O)NC)c1ccccc1)C2CCc1ccc(OC(F)F)c(F)c1. The number of fused-ring (bicyclic) bond motifs is 1. The van der Waals surface area contributed by atoms with Gasteiger partial charge in [-0.2, -0.15) is 8.78 Å². The number of nitrogens with zero attached hydrogens (tertiary/aromatic N) is 3. The standard InChI is InChI=1S/C26H28ClF3N4O2/c1-3-21-32-24(27)23-19(11-9-16-10-12-20(18(28)15-16)36-26(29)30)33(13-14-34(21)23)22(25(35)31-2)17-7-5-4-6-8-17/h4-8,10,12,15,19,22,26H,3,9,11,13-14H2,1-2H3,(H,31,35)/t19?,22-/m1/s1. The summed E-state index contributed by atoms with van der Waals surface area (Å²) in [5.74, 6) is -0.622. The van der Waals surface area contributed by atoms with E-state index < -0.39 is 24.2 Å². The zero-order chi connectivity index (χ0) is 25.8. The maximum atomic E-state index is 14.3. The Morgan fingerprint density at radius 3 is 2.61 bits per heavy atom. The van der Waals surface area contributed by atoms with Crippen LogP contribution < -0.4 is 10.1 Å². The Hall–Kier alpha value is -3.04. The molecule has 2 heterocycles. The Bertz CT molecular complexity index is 1210. The lowest BCUT2D eigenvalue weighted by Crippen LogP contribution is -2.46. The molecule has 10 heteroatoms. The van der Waals surface area contributed by atoms with E-state index in [1.165, 1.54) is 12.1 Å². The molecule has 2 aromatic carbocycles. The summed E-state index contributed by atoms with van der Waals surface area (Å²) >= 11 is 6.64. The summed E-state index contributed by atoms with van der Waals surface area (Å²) in [5.41, 5.74) is 2.29. The second kappa shape index (κ2) is 11.3. The summed E-state index contributed by atoms with van der Waals surface area (Å²) in [6.45, 7) is 0.121. The molecular formula is C26H28ClF3N4O2. The van der Waals surface area contributed by atoms with Gasteiger partial charge in [0.05, 0.1) is 11.7 Å². The van der Waals surface area contributed by atoms with Crippen LogP contribution in [0.1, 0.15) is 48.1 Å². The number of likely N-dealkylation sites (N-methyl/N-ethyl adjacent to an activating group) is 1. The van der Waals surface area contributed by atoms with Gasteiger partial charge >= 0.3 is 6.61 Å². The number of benzene rings is 2. The highest BCUT2D eigenvalue weighted by Gasteiger charge is 2.39. The highest BCUT2D eigenvalue weighted by atomic mass is 35.5. The fraction of sp³-hybridized carbons (Fsp3) is 0.385. The van der Waals surface area contributed by atoms with E-state index in [9.17, 15) is 18.0 Å². The molecule has 1 N–H and O–H groups in total. The Balaban J connectivity index is 1.69. The number of hydrogen-bond acceptors (Lipinski definition) is 4. The Morgan fingerprint density at radius 1 is 1.22 bits per heavy atom. The van der Waals surface area contributed by atoms with Crippen molar-refractivity contribution in [1.29, 1.82) is 0 Å². The van der Waals surface area contributed by atoms with E-state index in [2.05, 4.69) is 24.5 Å². The monoisotopic (exact) mass is 520 g/mol. The van der Waals surface area contributed by atoms with Crippen molar-refractivity contribution in [2.24, 2.45) is 0 Å². The molecule has 6 nitrogen and oxygen atoms in total. The number of nitrogens with one attached hydrogen (secondary N) is 1. The van der Waals surface area contributed by atoms with Gasteiger partial charge in [0.2, 0.25) is 5.91 Å². The van der Waals surface area contributed by atoms with Gasteiger partial charge in [-0.05, 0) is 36.1 Å². The minimum atomic E-state index is -3.10. The summed E-state index contributed by atoms with van der Waals surface area (Å²) in [4.78, 5) is 19.8. The van der Waals surface area contributed by atoms with Gasteiger partial charge in [0.25, 0.3) is 0 Å². The van der Waals surface area contributed by atoms with E-state index in [1.807, 2.05) is 37.3 Å². The zero-order valence-electron chi connectivity index (χ0n) is 20.1. The molecule has 0 fully saturated rings. The lowest BCUT2D eigenvalue weighted by molar-refractivity contribution is -0.128. The average molecular weight is 521 g/mol. The van der Waals surface area contributed by atoms with Crippen LogP contribution in [0.25, 0.3) is 0 Å². The molecule has 0 saturated heterocycles. The number of hydrogen-bond donors (Lipinski definition) is 1. The molecule has 1 aromatic heterocycles. The maximum Gasteiger partial charge on any atom is 0.387 e. The number of imidazole rings is 1. The molecule has 192 valence electrons. The maximum absolute atomic E-state index is 14.3. The predicted octanol–water partition coefficient (Wildman–Crippen LogP) is 5.32. The van der Waals surface area contributed by atoms with Crippen molar-refractivity contribution in [3.8, 4) is 5.75 Å². The van der Waals surface area contributed by atoms with Gasteiger partial charge in [-0.1, -0.05) is 54.9 Å². The number of alkyl halides is 2. The van der Waals surface area contributed by atoms with Crippen LogP contribution in [0.15, 0.2) is 48.5 Å². The van der Waals surface area contributed by atoms with Gasteiger partial charge in [-0.25, -0.2) is 9.37 Å². The van der Waals surface area contributed by atoms with Crippen LogP contribution in [0.5, 0.6) is 5.75 Å². The third-order valence-corrected chi connectivity index (χ3v) is 6.79. The molecule has 0 radical (unpaired) electrons. The summed E-state index contributed by atoms with van der Waals surface area (Å²) in [6.07, 6.45) is 1.63. The molecule has 0 spiro atoms. The second-order valence-corrected chi connectivity index (χ2v) is 8.93. The highest BCUT2D eigenvalue weighted by Crippen LogP contribution is 2.40. The number of ether oxygens (including phenoxy) is 1. The minimum Gasteiger partial charge on any atom is -0.432 e. The molecule has 0 saturated carbocycles. The Morgan fingerprint density at radius 2 is 1.97 bits per heavy atom. The Labute approximate surface area is 213 Å². The van der Waals surface area contributed by atoms with Crippen molar-refractivity contribution in [2.45, 2.75) is 51.4 Å². The molecular weight excluding hydrogens is 493 g/mol. The van der Waals surface area contributed by atoms with E-state index in [4.69, 9.17) is 11.6 Å². The molecule has 0 bridgehead atoms. The topological polar surface area (TPSA) is 59.4 Å². The smallest absolute Gasteiger partial charge is 0.387 e. The van der Waals surface area contributed by atoms with Crippen LogP contribution in [0, 0.1) is 5.82 Å². The molecule has 3 aromatic rings. The molecule has 1 aliphatic rings. The van der Waals surface area contributed by atoms with Gasteiger partial charge in [0.15, 0.2) is 16.7 Å². The zero-order valence-corrected chi connectivity index (χ0v) is 20.8. The molecule has 0 aliphatic carbocycles. The first kappa shape index (κ1) is 26.0. The number of amides is 1. The van der Waals surface area contributed by atoms with Crippen molar-refractivity contribution >= 4 is 17.5 Å². The molecule has 1 unspecified atom stereocenters. The van der Waals surface area contributed by atoms with E-state index in [1.54, 1.807) is 13.1 Å². The lowest BCUT2D eigenvalue weighted by Gasteiger charge is -2.41. The quantitative estimate of drug-likeness (QED) is 0.415. The van der Waals surface area contributed by atoms with E-state index >= 15 is 0 Å². The number of aromatic nitrogens is 2. The number of carbonyl (C=O) groups is 1. The van der Waals surface area contributed by atoms with Crippen molar-refractivity contribution in [2.75, 3.05) is 13.6 Å². The van der Waals surface area contributed by atoms with Crippen LogP contribution in [0.3, 0.4) is 0 Å². The third kappa shape index (κ3) is 5.37. The highest BCUT2D eigenvalue weighted by molar-refractivity contribution is 6.30. The number of aryl methyl sites for hydroxylation is 2. The number of rotatable bonds is 9. The van der Waals surface area contributed by atoms with Crippen LogP contribution in [0.2, 0.25) is 5.15 Å². The van der Waals surface area contributed by atoms with Gasteiger partial charge in [-0.3, -0.25) is 9.69 Å². The number of halogens is 4. The average Bonchev–Trinajstić information content (AvgIpc) is 3.20. The van der Waals surface area contributed by atoms with E-state index in [0.717, 1.165) is 17.1 Å². The van der Waals surface area contributed by atoms with Crippen molar-refractivity contribution in [3.05, 3.63) is 82.1 Å². The van der Waals surface area contributed by atoms with Crippen LogP contribution in [0.4, 0.5) is 13.2 Å². The molecule has 1 amide bonds. The van der Waals surface area contributed by atoms with E-state index in [0.29, 0.717) is 43.1 Å². The van der Waals surface area contributed by atoms with Crippen LogP contribution in [-0.2, 0) is 24.2 Å². The summed E-state index contributed by atoms with van der Waals surface area (Å²) < 4.78 is 45.7. The normalized spacial score (nSPS) is 16.6.